The molecular formula is C13H11F3N2O2. The molecule has 2 unspecified atom stereocenters. The Hall–Kier alpha value is -1.89. The molecule has 2 atom stereocenters. The third-order valence-corrected chi connectivity index (χ3v) is 3.77. The van der Waals surface area contributed by atoms with Gasteiger partial charge in [0.1, 0.15) is 0 Å². The first-order valence-corrected chi connectivity index (χ1v) is 6.07. The number of amides is 2. The van der Waals surface area contributed by atoms with Crippen LogP contribution in [0.1, 0.15) is 11.1 Å². The summed E-state index contributed by atoms with van der Waals surface area (Å²) in [6.45, 7) is -0.138. The first kappa shape index (κ1) is 13.1. The molecule has 1 heterocycles. The van der Waals surface area contributed by atoms with Gasteiger partial charge in [-0.15, -0.1) is 0 Å². The number of hydrogen-bond donors (Lipinski definition) is 1. The van der Waals surface area contributed by atoms with Gasteiger partial charge in [0, 0.05) is 6.04 Å². The standard InChI is InChI=1S/C13H11F3N2O2/c14-13(15,16)7-3-1-2-6(4-7)5-18-11(19)8-9(10(8)17)12(18)20/h1-4,8-10H,5,17H2. The molecule has 1 saturated heterocycles. The average Bonchev–Trinajstić information content (AvgIpc) is 2.97. The zero-order valence-corrected chi connectivity index (χ0v) is 10.2. The van der Waals surface area contributed by atoms with E-state index in [9.17, 15) is 22.8 Å². The third-order valence-electron chi connectivity index (χ3n) is 3.77. The van der Waals surface area contributed by atoms with E-state index >= 15 is 0 Å². The fourth-order valence-electron chi connectivity index (χ4n) is 2.62. The predicted molar refractivity (Wildman–Crippen MR) is 62.0 cm³/mol. The van der Waals surface area contributed by atoms with E-state index in [4.69, 9.17) is 5.73 Å². The summed E-state index contributed by atoms with van der Waals surface area (Å²) in [6, 6.07) is 4.19. The quantitative estimate of drug-likeness (QED) is 0.829. The molecule has 1 aromatic rings. The van der Waals surface area contributed by atoms with E-state index in [-0.39, 0.29) is 23.9 Å². The molecule has 1 aliphatic heterocycles. The van der Waals surface area contributed by atoms with Crippen LogP contribution in [0.4, 0.5) is 13.2 Å². The van der Waals surface area contributed by atoms with E-state index < -0.39 is 29.6 Å². The summed E-state index contributed by atoms with van der Waals surface area (Å²) in [5.41, 5.74) is 5.05. The molecule has 1 aromatic carbocycles. The summed E-state index contributed by atoms with van der Waals surface area (Å²) < 4.78 is 37.8. The number of rotatable bonds is 2. The molecule has 2 fully saturated rings. The van der Waals surface area contributed by atoms with Crippen molar-refractivity contribution in [3.63, 3.8) is 0 Å². The molecule has 4 nitrogen and oxygen atoms in total. The Morgan fingerprint density at radius 1 is 1.15 bits per heavy atom. The van der Waals surface area contributed by atoms with Crippen molar-refractivity contribution < 1.29 is 22.8 Å². The van der Waals surface area contributed by atoms with Crippen LogP contribution in [0, 0.1) is 11.8 Å². The van der Waals surface area contributed by atoms with Gasteiger partial charge in [-0.3, -0.25) is 14.5 Å². The second-order valence-electron chi connectivity index (χ2n) is 5.09. The van der Waals surface area contributed by atoms with Gasteiger partial charge < -0.3 is 5.73 Å². The number of hydrogen-bond acceptors (Lipinski definition) is 3. The highest BCUT2D eigenvalue weighted by Gasteiger charge is 2.65. The minimum Gasteiger partial charge on any atom is -0.326 e. The number of alkyl halides is 3. The number of halogens is 3. The van der Waals surface area contributed by atoms with Gasteiger partial charge in [0.05, 0.1) is 23.9 Å². The second kappa shape index (κ2) is 4.05. The van der Waals surface area contributed by atoms with Crippen molar-refractivity contribution in [2.75, 3.05) is 0 Å². The van der Waals surface area contributed by atoms with Crippen LogP contribution in [0.2, 0.25) is 0 Å². The molecule has 1 saturated carbocycles. The molecule has 2 amide bonds. The van der Waals surface area contributed by atoms with Gasteiger partial charge in [-0.1, -0.05) is 12.1 Å². The number of likely N-dealkylation sites (tertiary alicyclic amines) is 1. The van der Waals surface area contributed by atoms with Crippen LogP contribution in [0.25, 0.3) is 0 Å². The number of imide groups is 1. The summed E-state index contributed by atoms with van der Waals surface area (Å²) in [6.07, 6.45) is -4.44. The van der Waals surface area contributed by atoms with Crippen LogP contribution in [-0.4, -0.2) is 22.8 Å². The van der Waals surface area contributed by atoms with Crippen molar-refractivity contribution in [1.29, 1.82) is 0 Å². The predicted octanol–water partition coefficient (Wildman–Crippen LogP) is 1.15. The number of nitrogens with two attached hydrogens (primary N) is 1. The van der Waals surface area contributed by atoms with E-state index in [2.05, 4.69) is 0 Å². The lowest BCUT2D eigenvalue weighted by Gasteiger charge is -2.18. The van der Waals surface area contributed by atoms with Gasteiger partial charge in [-0.05, 0) is 17.7 Å². The van der Waals surface area contributed by atoms with Crippen LogP contribution in [0.15, 0.2) is 24.3 Å². The van der Waals surface area contributed by atoms with Crippen molar-refractivity contribution in [3.05, 3.63) is 35.4 Å². The monoisotopic (exact) mass is 284 g/mol. The van der Waals surface area contributed by atoms with Crippen LogP contribution in [0.3, 0.4) is 0 Å². The maximum absolute atomic E-state index is 12.6. The zero-order chi connectivity index (χ0) is 14.7. The molecule has 3 rings (SSSR count). The molecule has 0 spiro atoms. The molecule has 0 bridgehead atoms. The number of carbonyl (C=O) groups excluding carboxylic acids is 2. The summed E-state index contributed by atoms with van der Waals surface area (Å²) in [7, 11) is 0. The zero-order valence-electron chi connectivity index (χ0n) is 10.2. The summed E-state index contributed by atoms with van der Waals surface area (Å²) in [5, 5.41) is 0. The van der Waals surface area contributed by atoms with E-state index in [1.54, 1.807) is 0 Å². The van der Waals surface area contributed by atoms with Gasteiger partial charge in [0.15, 0.2) is 0 Å². The van der Waals surface area contributed by atoms with E-state index in [0.29, 0.717) is 0 Å². The van der Waals surface area contributed by atoms with Crippen molar-refractivity contribution in [2.24, 2.45) is 17.6 Å². The molecule has 1 aliphatic carbocycles. The first-order chi connectivity index (χ1) is 9.30. The lowest BCUT2D eigenvalue weighted by atomic mass is 10.1. The molecule has 0 radical (unpaired) electrons. The van der Waals surface area contributed by atoms with Crippen molar-refractivity contribution in [3.8, 4) is 0 Å². The van der Waals surface area contributed by atoms with E-state index in [1.807, 2.05) is 0 Å². The van der Waals surface area contributed by atoms with E-state index in [1.165, 1.54) is 12.1 Å². The van der Waals surface area contributed by atoms with Gasteiger partial charge >= 0.3 is 6.18 Å². The highest BCUT2D eigenvalue weighted by atomic mass is 19.4. The van der Waals surface area contributed by atoms with Gasteiger partial charge in [-0.2, -0.15) is 13.2 Å². The smallest absolute Gasteiger partial charge is 0.326 e. The molecule has 2 aliphatic rings. The summed E-state index contributed by atoms with van der Waals surface area (Å²) >= 11 is 0. The summed E-state index contributed by atoms with van der Waals surface area (Å²) in [5.74, 6) is -1.73. The molecular weight excluding hydrogens is 273 g/mol. The van der Waals surface area contributed by atoms with Gasteiger partial charge in [-0.25, -0.2) is 0 Å². The molecule has 7 heteroatoms. The molecule has 0 aromatic heterocycles. The van der Waals surface area contributed by atoms with Crippen LogP contribution >= 0.6 is 0 Å². The SMILES string of the molecule is NC1C2C(=O)N(Cc3cccc(C(F)(F)F)c3)C(=O)C12. The van der Waals surface area contributed by atoms with Gasteiger partial charge in [0.25, 0.3) is 0 Å². The highest BCUT2D eigenvalue weighted by Crippen LogP contribution is 2.46. The fourth-order valence-corrected chi connectivity index (χ4v) is 2.62. The third kappa shape index (κ3) is 1.89. The minimum absolute atomic E-state index is 0.138. The number of benzene rings is 1. The highest BCUT2D eigenvalue weighted by molar-refractivity contribution is 6.10. The Bertz CT molecular complexity index is 578. The Labute approximate surface area is 112 Å². The normalized spacial score (nSPS) is 28.8. The average molecular weight is 284 g/mol. The van der Waals surface area contributed by atoms with E-state index in [0.717, 1.165) is 17.0 Å². The lowest BCUT2D eigenvalue weighted by Crippen LogP contribution is -2.36. The maximum atomic E-state index is 12.6. The van der Waals surface area contributed by atoms with Crippen molar-refractivity contribution in [2.45, 2.75) is 18.8 Å². The fraction of sp³-hybridized carbons (Fsp3) is 0.385. The van der Waals surface area contributed by atoms with Crippen LogP contribution < -0.4 is 5.73 Å². The number of fused-ring (bicyclic) bond motifs is 1. The topological polar surface area (TPSA) is 63.4 Å². The Morgan fingerprint density at radius 2 is 1.75 bits per heavy atom. The Kier molecular flexibility index (Phi) is 2.66. The van der Waals surface area contributed by atoms with Crippen LogP contribution in [-0.2, 0) is 22.3 Å². The van der Waals surface area contributed by atoms with Gasteiger partial charge in [0.2, 0.25) is 11.8 Å². The molecule has 20 heavy (non-hydrogen) atoms. The minimum atomic E-state index is -4.44. The Balaban J connectivity index is 1.80. The number of nitrogens with zero attached hydrogens (tertiary/aromatic N) is 1. The summed E-state index contributed by atoms with van der Waals surface area (Å²) in [4.78, 5) is 24.7. The number of carbonyl (C=O) groups is 2. The molecule has 106 valence electrons. The second-order valence-corrected chi connectivity index (χ2v) is 5.09. The largest absolute Gasteiger partial charge is 0.416 e. The molecule has 2 N–H and O–H groups in total. The first-order valence-electron chi connectivity index (χ1n) is 6.07. The number of piperidine rings is 1. The lowest BCUT2D eigenvalue weighted by molar-refractivity contribution is -0.142. The Morgan fingerprint density at radius 3 is 2.30 bits per heavy atom. The van der Waals surface area contributed by atoms with Crippen LogP contribution in [0.5, 0.6) is 0 Å². The van der Waals surface area contributed by atoms with Crippen molar-refractivity contribution >= 4 is 11.8 Å². The van der Waals surface area contributed by atoms with Crippen molar-refractivity contribution in [1.82, 2.24) is 4.90 Å². The maximum Gasteiger partial charge on any atom is 0.416 e.